The van der Waals surface area contributed by atoms with Crippen molar-refractivity contribution in [3.63, 3.8) is 0 Å². The molecule has 7 atom stereocenters. The zero-order valence-electron chi connectivity index (χ0n) is 14.6. The first-order valence-corrected chi connectivity index (χ1v) is 9.07. The molecule has 0 aromatic heterocycles. The lowest BCUT2D eigenvalue weighted by Gasteiger charge is -2.54. The summed E-state index contributed by atoms with van der Waals surface area (Å²) >= 11 is 0. The molecule has 0 aromatic rings. The molecule has 0 aromatic carbocycles. The average Bonchev–Trinajstić information content (AvgIpc) is 2.97. The molecule has 22 heavy (non-hydrogen) atoms. The Morgan fingerprint density at radius 1 is 1.23 bits per heavy atom. The van der Waals surface area contributed by atoms with Crippen LogP contribution in [0.5, 0.6) is 0 Å². The number of rotatable bonds is 1. The van der Waals surface area contributed by atoms with Gasteiger partial charge in [-0.1, -0.05) is 26.0 Å². The highest BCUT2D eigenvalue weighted by molar-refractivity contribution is 5.91. The van der Waals surface area contributed by atoms with Gasteiger partial charge in [-0.3, -0.25) is 4.79 Å². The van der Waals surface area contributed by atoms with Crippen molar-refractivity contribution in [3.05, 3.63) is 12.2 Å². The van der Waals surface area contributed by atoms with E-state index in [2.05, 4.69) is 27.4 Å². The summed E-state index contributed by atoms with van der Waals surface area (Å²) in [7, 11) is 0. The Kier molecular flexibility index (Phi) is 2.89. The van der Waals surface area contributed by atoms with Crippen molar-refractivity contribution < 1.29 is 9.53 Å². The van der Waals surface area contributed by atoms with E-state index in [9.17, 15) is 4.79 Å². The van der Waals surface area contributed by atoms with Crippen molar-refractivity contribution in [2.24, 2.45) is 28.6 Å². The van der Waals surface area contributed by atoms with Crippen LogP contribution < -0.4 is 0 Å². The average molecular weight is 302 g/mol. The van der Waals surface area contributed by atoms with E-state index in [0.29, 0.717) is 23.0 Å². The summed E-state index contributed by atoms with van der Waals surface area (Å²) in [6.07, 6.45) is 7.07. The standard InChI is InChI=1S/C20H30O2/c1-12(2)13-6-9-19(4)14(13)7-8-18(3)11-16(21)20(5)17(22-20)10-15(18)19/h13-15,17H,1,6-11H2,2-5H3. The second-order valence-electron chi connectivity index (χ2n) is 9.40. The zero-order valence-corrected chi connectivity index (χ0v) is 14.6. The topological polar surface area (TPSA) is 29.6 Å². The van der Waals surface area contributed by atoms with E-state index in [0.717, 1.165) is 18.8 Å². The molecule has 4 fully saturated rings. The smallest absolute Gasteiger partial charge is 0.167 e. The summed E-state index contributed by atoms with van der Waals surface area (Å²) in [6.45, 7) is 13.4. The van der Waals surface area contributed by atoms with Crippen LogP contribution in [0.4, 0.5) is 0 Å². The number of allylic oxidation sites excluding steroid dienone is 1. The number of ketones is 1. The molecule has 0 radical (unpaired) electrons. The third-order valence-electron chi connectivity index (χ3n) is 8.14. The minimum Gasteiger partial charge on any atom is -0.358 e. The van der Waals surface area contributed by atoms with E-state index >= 15 is 0 Å². The Hall–Kier alpha value is -0.630. The van der Waals surface area contributed by atoms with E-state index in [-0.39, 0.29) is 11.5 Å². The van der Waals surface area contributed by atoms with Crippen LogP contribution >= 0.6 is 0 Å². The van der Waals surface area contributed by atoms with Gasteiger partial charge in [0.25, 0.3) is 0 Å². The summed E-state index contributed by atoms with van der Waals surface area (Å²) < 4.78 is 5.85. The first-order valence-electron chi connectivity index (χ1n) is 9.07. The molecule has 2 nitrogen and oxygen atoms in total. The number of carbonyl (C=O) groups is 1. The van der Waals surface area contributed by atoms with E-state index in [1.807, 2.05) is 6.92 Å². The van der Waals surface area contributed by atoms with E-state index in [1.54, 1.807) is 0 Å². The van der Waals surface area contributed by atoms with Crippen LogP contribution in [0.3, 0.4) is 0 Å². The maximum atomic E-state index is 12.7. The maximum absolute atomic E-state index is 12.7. The molecule has 0 amide bonds. The summed E-state index contributed by atoms with van der Waals surface area (Å²) in [6, 6.07) is 0. The predicted molar refractivity (Wildman–Crippen MR) is 87.5 cm³/mol. The van der Waals surface area contributed by atoms with Crippen LogP contribution in [0, 0.1) is 28.6 Å². The van der Waals surface area contributed by atoms with Gasteiger partial charge in [0.05, 0.1) is 6.10 Å². The van der Waals surface area contributed by atoms with Gasteiger partial charge < -0.3 is 4.74 Å². The molecule has 1 aliphatic heterocycles. The number of hydrogen-bond donors (Lipinski definition) is 0. The monoisotopic (exact) mass is 302 g/mol. The van der Waals surface area contributed by atoms with Gasteiger partial charge in [-0.2, -0.15) is 0 Å². The van der Waals surface area contributed by atoms with Crippen LogP contribution in [0.2, 0.25) is 0 Å². The molecule has 1 heterocycles. The fourth-order valence-corrected chi connectivity index (χ4v) is 6.62. The minimum atomic E-state index is -0.446. The minimum absolute atomic E-state index is 0.186. The molecule has 2 heteroatoms. The van der Waals surface area contributed by atoms with Gasteiger partial charge in [0.1, 0.15) is 5.60 Å². The maximum Gasteiger partial charge on any atom is 0.167 e. The van der Waals surface area contributed by atoms with Gasteiger partial charge in [0, 0.05) is 6.42 Å². The lowest BCUT2D eigenvalue weighted by atomic mass is 9.50. The van der Waals surface area contributed by atoms with Gasteiger partial charge in [-0.25, -0.2) is 0 Å². The lowest BCUT2D eigenvalue weighted by molar-refractivity contribution is -0.130. The number of hydrogen-bond acceptors (Lipinski definition) is 2. The Labute approximate surface area is 134 Å². The third kappa shape index (κ3) is 1.74. The van der Waals surface area contributed by atoms with Crippen molar-refractivity contribution in [1.82, 2.24) is 0 Å². The van der Waals surface area contributed by atoms with Crippen LogP contribution in [-0.2, 0) is 9.53 Å². The van der Waals surface area contributed by atoms with E-state index in [4.69, 9.17) is 4.74 Å². The van der Waals surface area contributed by atoms with Crippen molar-refractivity contribution in [2.75, 3.05) is 0 Å². The van der Waals surface area contributed by atoms with Crippen molar-refractivity contribution >= 4 is 5.78 Å². The Morgan fingerprint density at radius 2 is 1.95 bits per heavy atom. The predicted octanol–water partition coefficient (Wildman–Crippen LogP) is 4.53. The molecule has 7 unspecified atom stereocenters. The largest absolute Gasteiger partial charge is 0.358 e. The molecule has 4 aliphatic rings. The van der Waals surface area contributed by atoms with Crippen LogP contribution in [0.15, 0.2) is 12.2 Å². The van der Waals surface area contributed by atoms with E-state index in [1.165, 1.54) is 31.3 Å². The molecule has 0 N–H and O–H groups in total. The van der Waals surface area contributed by atoms with E-state index < -0.39 is 5.60 Å². The van der Waals surface area contributed by atoms with Gasteiger partial charge in [0.15, 0.2) is 5.78 Å². The van der Waals surface area contributed by atoms with Crippen LogP contribution in [-0.4, -0.2) is 17.5 Å². The van der Waals surface area contributed by atoms with Crippen LogP contribution in [0.1, 0.15) is 66.2 Å². The fraction of sp³-hybridized carbons (Fsp3) is 0.850. The zero-order chi connectivity index (χ0) is 15.9. The first kappa shape index (κ1) is 14.9. The number of fused-ring (bicyclic) bond motifs is 4. The highest BCUT2D eigenvalue weighted by atomic mass is 16.6. The van der Waals surface area contributed by atoms with Gasteiger partial charge >= 0.3 is 0 Å². The number of ether oxygens (including phenoxy) is 1. The molecule has 0 spiro atoms. The summed E-state index contributed by atoms with van der Waals surface area (Å²) in [5, 5.41) is 0. The second-order valence-corrected chi connectivity index (χ2v) is 9.40. The number of epoxide rings is 1. The Bertz CT molecular complexity index is 552. The molecular weight excluding hydrogens is 272 g/mol. The van der Waals surface area contributed by atoms with Crippen LogP contribution in [0.25, 0.3) is 0 Å². The third-order valence-corrected chi connectivity index (χ3v) is 8.14. The van der Waals surface area contributed by atoms with Gasteiger partial charge in [-0.05, 0) is 74.5 Å². The molecule has 4 rings (SSSR count). The highest BCUT2D eigenvalue weighted by Crippen LogP contribution is 2.68. The summed E-state index contributed by atoms with van der Waals surface area (Å²) in [4.78, 5) is 12.7. The van der Waals surface area contributed by atoms with Crippen molar-refractivity contribution in [3.8, 4) is 0 Å². The quantitative estimate of drug-likeness (QED) is 0.526. The lowest BCUT2D eigenvalue weighted by Crippen LogP contribution is -2.48. The summed E-state index contributed by atoms with van der Waals surface area (Å²) in [5.74, 6) is 2.45. The second kappa shape index (κ2) is 4.26. The first-order chi connectivity index (χ1) is 10.2. The molecule has 122 valence electrons. The molecule has 1 saturated heterocycles. The molecule has 0 bridgehead atoms. The number of Topliss-reactive ketones (excluding diaryl/α,β-unsaturated/α-hetero) is 1. The van der Waals surface area contributed by atoms with Crippen molar-refractivity contribution in [1.29, 1.82) is 0 Å². The highest BCUT2D eigenvalue weighted by Gasteiger charge is 2.67. The Morgan fingerprint density at radius 3 is 2.64 bits per heavy atom. The normalized spacial score (nSPS) is 56.6. The molecule has 3 aliphatic carbocycles. The SMILES string of the molecule is C=C(C)C1CCC2(C)C1CCC1(C)CC(=O)C3(C)OC3CC12. The Balaban J connectivity index is 1.71. The molecule has 3 saturated carbocycles. The van der Waals surface area contributed by atoms with Gasteiger partial charge in [-0.15, -0.1) is 0 Å². The summed E-state index contributed by atoms with van der Waals surface area (Å²) in [5.41, 5.74) is 1.48. The number of carbonyl (C=O) groups excluding carboxylic acids is 1. The molecular formula is C20H30O2. The fourth-order valence-electron chi connectivity index (χ4n) is 6.62. The van der Waals surface area contributed by atoms with Crippen molar-refractivity contribution in [2.45, 2.75) is 77.9 Å². The van der Waals surface area contributed by atoms with Gasteiger partial charge in [0.2, 0.25) is 0 Å².